The molecule has 0 bridgehead atoms. The number of carbonyl (C=O) groups is 2. The number of nitrogens with one attached hydrogen (secondary N) is 1. The van der Waals surface area contributed by atoms with Crippen LogP contribution in [0.2, 0.25) is 0 Å². The highest BCUT2D eigenvalue weighted by molar-refractivity contribution is 5.89. The Hall–Kier alpha value is -4.27. The van der Waals surface area contributed by atoms with Gasteiger partial charge < -0.3 is 15.0 Å². The second-order valence-corrected chi connectivity index (χ2v) is 9.75. The number of halogens is 1. The molecule has 0 radical (unpaired) electrons. The molecule has 0 aliphatic rings. The molecule has 0 aliphatic carbocycles. The molecule has 0 fully saturated rings. The molecule has 4 rings (SSSR count). The van der Waals surface area contributed by atoms with Gasteiger partial charge in [-0.15, -0.1) is 5.10 Å². The SMILES string of the molecule is CCC(C)(C)NC(=O)[C@@H](c1ccc(F)cc1)N(Cc1ccccc1OC)C(=O)Cn1nnc2ccccc21. The summed E-state index contributed by atoms with van der Waals surface area (Å²) in [5.74, 6) is -0.567. The van der Waals surface area contributed by atoms with Gasteiger partial charge in [0.1, 0.15) is 29.7 Å². The van der Waals surface area contributed by atoms with Gasteiger partial charge >= 0.3 is 0 Å². The molecular formula is C29H32FN5O3. The molecule has 4 aromatic rings. The van der Waals surface area contributed by atoms with Crippen LogP contribution in [0.4, 0.5) is 4.39 Å². The van der Waals surface area contributed by atoms with E-state index in [1.165, 1.54) is 33.8 Å². The van der Waals surface area contributed by atoms with Crippen LogP contribution in [0.25, 0.3) is 11.0 Å². The van der Waals surface area contributed by atoms with E-state index in [0.29, 0.717) is 28.8 Å². The van der Waals surface area contributed by atoms with Gasteiger partial charge in [0, 0.05) is 11.1 Å². The van der Waals surface area contributed by atoms with Gasteiger partial charge in [-0.25, -0.2) is 9.07 Å². The number of hydrogen-bond donors (Lipinski definition) is 1. The van der Waals surface area contributed by atoms with E-state index < -0.39 is 17.4 Å². The highest BCUT2D eigenvalue weighted by atomic mass is 19.1. The summed E-state index contributed by atoms with van der Waals surface area (Å²) >= 11 is 0. The number of carbonyl (C=O) groups excluding carboxylic acids is 2. The molecule has 0 saturated carbocycles. The van der Waals surface area contributed by atoms with Gasteiger partial charge in [-0.2, -0.15) is 0 Å². The van der Waals surface area contributed by atoms with Gasteiger partial charge in [0.15, 0.2) is 0 Å². The molecule has 1 N–H and O–H groups in total. The lowest BCUT2D eigenvalue weighted by Gasteiger charge is -2.35. The Bertz CT molecular complexity index is 1420. The number of aromatic nitrogens is 3. The first-order valence-corrected chi connectivity index (χ1v) is 12.5. The van der Waals surface area contributed by atoms with Gasteiger partial charge in [-0.3, -0.25) is 9.59 Å². The largest absolute Gasteiger partial charge is 0.496 e. The Morgan fingerprint density at radius 3 is 2.45 bits per heavy atom. The van der Waals surface area contributed by atoms with Crippen LogP contribution in [-0.2, 0) is 22.7 Å². The summed E-state index contributed by atoms with van der Waals surface area (Å²) in [6.07, 6.45) is 0.681. The molecule has 0 spiro atoms. The standard InChI is InChI=1S/C29H32FN5O3/c1-5-29(2,3)31-28(37)27(20-14-16-22(30)17-15-20)34(18-21-10-6-9-13-25(21)38-4)26(36)19-35-24-12-8-7-11-23(24)32-33-35/h6-17,27H,5,18-19H2,1-4H3,(H,31,37)/t27-/m1/s1. The van der Waals surface area contributed by atoms with Crippen molar-refractivity contribution in [2.75, 3.05) is 7.11 Å². The monoisotopic (exact) mass is 517 g/mol. The van der Waals surface area contributed by atoms with E-state index in [-0.39, 0.29) is 24.9 Å². The molecule has 1 atom stereocenters. The highest BCUT2D eigenvalue weighted by Gasteiger charge is 2.34. The van der Waals surface area contributed by atoms with Crippen LogP contribution in [0.3, 0.4) is 0 Å². The second-order valence-electron chi connectivity index (χ2n) is 9.75. The van der Waals surface area contributed by atoms with Gasteiger partial charge in [0.05, 0.1) is 19.2 Å². The topological polar surface area (TPSA) is 89.4 Å². The summed E-state index contributed by atoms with van der Waals surface area (Å²) in [7, 11) is 1.56. The first-order chi connectivity index (χ1) is 18.2. The van der Waals surface area contributed by atoms with Crippen LogP contribution >= 0.6 is 0 Å². The zero-order valence-corrected chi connectivity index (χ0v) is 22.0. The molecule has 3 aromatic carbocycles. The molecular weight excluding hydrogens is 485 g/mol. The van der Waals surface area contributed by atoms with Gasteiger partial charge in [0.2, 0.25) is 11.8 Å². The van der Waals surface area contributed by atoms with Crippen LogP contribution in [0.15, 0.2) is 72.8 Å². The van der Waals surface area contributed by atoms with Crippen molar-refractivity contribution in [1.29, 1.82) is 0 Å². The van der Waals surface area contributed by atoms with Gasteiger partial charge in [-0.05, 0) is 56.2 Å². The van der Waals surface area contributed by atoms with Crippen LogP contribution in [0.1, 0.15) is 44.4 Å². The quantitative estimate of drug-likeness (QED) is 0.331. The summed E-state index contributed by atoms with van der Waals surface area (Å²) in [6.45, 7) is 5.75. The van der Waals surface area contributed by atoms with Gasteiger partial charge in [0.25, 0.3) is 0 Å². The number of rotatable bonds is 10. The number of benzene rings is 3. The van der Waals surface area contributed by atoms with E-state index in [1.54, 1.807) is 13.2 Å². The number of fused-ring (bicyclic) bond motifs is 1. The lowest BCUT2D eigenvalue weighted by Crippen LogP contribution is -2.50. The second kappa shape index (κ2) is 11.4. The van der Waals surface area contributed by atoms with E-state index in [2.05, 4.69) is 15.6 Å². The number of hydrogen-bond acceptors (Lipinski definition) is 5. The molecule has 38 heavy (non-hydrogen) atoms. The van der Waals surface area contributed by atoms with Crippen molar-refractivity contribution in [1.82, 2.24) is 25.2 Å². The van der Waals surface area contributed by atoms with Crippen LogP contribution < -0.4 is 10.1 Å². The van der Waals surface area contributed by atoms with Crippen molar-refractivity contribution in [3.8, 4) is 5.75 Å². The summed E-state index contributed by atoms with van der Waals surface area (Å²) in [5.41, 5.74) is 2.06. The molecule has 1 aromatic heterocycles. The summed E-state index contributed by atoms with van der Waals surface area (Å²) < 4.78 is 20.9. The zero-order chi connectivity index (χ0) is 27.3. The zero-order valence-electron chi connectivity index (χ0n) is 22.0. The summed E-state index contributed by atoms with van der Waals surface area (Å²) in [4.78, 5) is 29.4. The minimum atomic E-state index is -1.03. The van der Waals surface area contributed by atoms with Crippen molar-refractivity contribution in [3.05, 3.63) is 89.7 Å². The normalized spacial score (nSPS) is 12.2. The third-order valence-electron chi connectivity index (χ3n) is 6.65. The van der Waals surface area contributed by atoms with Crippen molar-refractivity contribution in [3.63, 3.8) is 0 Å². The van der Waals surface area contributed by atoms with Crippen molar-refractivity contribution in [2.45, 2.75) is 51.9 Å². The molecule has 1 heterocycles. The van der Waals surface area contributed by atoms with E-state index >= 15 is 0 Å². The number of ether oxygens (including phenoxy) is 1. The lowest BCUT2D eigenvalue weighted by molar-refractivity contribution is -0.143. The Kier molecular flexibility index (Phi) is 8.05. The first-order valence-electron chi connectivity index (χ1n) is 12.5. The van der Waals surface area contributed by atoms with E-state index in [4.69, 9.17) is 4.74 Å². The van der Waals surface area contributed by atoms with Crippen molar-refractivity contribution in [2.24, 2.45) is 0 Å². The van der Waals surface area contributed by atoms with Crippen LogP contribution in [0.5, 0.6) is 5.75 Å². The maximum absolute atomic E-state index is 14.0. The maximum Gasteiger partial charge on any atom is 0.247 e. The minimum absolute atomic E-state index is 0.0808. The molecule has 9 heteroatoms. The number of amides is 2. The van der Waals surface area contributed by atoms with E-state index in [0.717, 1.165) is 5.56 Å². The average molecular weight is 518 g/mol. The summed E-state index contributed by atoms with van der Waals surface area (Å²) in [5, 5.41) is 11.4. The maximum atomic E-state index is 14.0. The predicted octanol–water partition coefficient (Wildman–Crippen LogP) is 4.65. The Labute approximate surface area is 221 Å². The number of methoxy groups -OCH3 is 1. The number of nitrogens with zero attached hydrogens (tertiary/aromatic N) is 4. The predicted molar refractivity (Wildman–Crippen MR) is 143 cm³/mol. The number of para-hydroxylation sites is 2. The molecule has 198 valence electrons. The Balaban J connectivity index is 1.79. The molecule has 0 aliphatic heterocycles. The van der Waals surface area contributed by atoms with Crippen molar-refractivity contribution >= 4 is 22.8 Å². The fraction of sp³-hybridized carbons (Fsp3) is 0.310. The van der Waals surface area contributed by atoms with Crippen LogP contribution in [-0.4, -0.2) is 44.4 Å². The van der Waals surface area contributed by atoms with Crippen molar-refractivity contribution < 1.29 is 18.7 Å². The average Bonchev–Trinajstić information content (AvgIpc) is 3.32. The lowest BCUT2D eigenvalue weighted by atomic mass is 9.98. The van der Waals surface area contributed by atoms with E-state index in [1.807, 2.05) is 63.2 Å². The molecule has 8 nitrogen and oxygen atoms in total. The first kappa shape index (κ1) is 26.8. The fourth-order valence-electron chi connectivity index (χ4n) is 4.20. The third-order valence-corrected chi connectivity index (χ3v) is 6.65. The summed E-state index contributed by atoms with van der Waals surface area (Å²) in [6, 6.07) is 19.3. The molecule has 0 unspecified atom stereocenters. The Morgan fingerprint density at radius 1 is 1.05 bits per heavy atom. The fourth-order valence-corrected chi connectivity index (χ4v) is 4.20. The van der Waals surface area contributed by atoms with Gasteiger partial charge in [-0.1, -0.05) is 54.6 Å². The molecule has 0 saturated heterocycles. The minimum Gasteiger partial charge on any atom is -0.496 e. The van der Waals surface area contributed by atoms with Crippen LogP contribution in [0, 0.1) is 5.82 Å². The smallest absolute Gasteiger partial charge is 0.247 e. The third kappa shape index (κ3) is 5.99. The highest BCUT2D eigenvalue weighted by Crippen LogP contribution is 2.29. The Morgan fingerprint density at radius 2 is 1.74 bits per heavy atom. The molecule has 2 amide bonds. The van der Waals surface area contributed by atoms with E-state index in [9.17, 15) is 14.0 Å².